The second-order valence-electron chi connectivity index (χ2n) is 4.26. The molecule has 1 aromatic heterocycles. The molecule has 0 spiro atoms. The van der Waals surface area contributed by atoms with Crippen LogP contribution in [0.2, 0.25) is 10.0 Å². The molecule has 0 amide bonds. The van der Waals surface area contributed by atoms with Crippen LogP contribution in [-0.4, -0.2) is 16.7 Å². The van der Waals surface area contributed by atoms with Crippen molar-refractivity contribution in [1.29, 1.82) is 0 Å². The van der Waals surface area contributed by atoms with Gasteiger partial charge in [0, 0.05) is 5.02 Å². The van der Waals surface area contributed by atoms with Gasteiger partial charge in [-0.3, -0.25) is 4.57 Å². The predicted molar refractivity (Wildman–Crippen MR) is 82.1 cm³/mol. The topological polar surface area (TPSA) is 53.1 Å². The number of ether oxygens (including phenoxy) is 1. The first kappa shape index (κ1) is 13.1. The number of anilines is 1. The van der Waals surface area contributed by atoms with Gasteiger partial charge in [0.15, 0.2) is 0 Å². The number of fused-ring (bicyclic) bond motifs is 1. The quantitative estimate of drug-likeness (QED) is 0.780. The van der Waals surface area contributed by atoms with Gasteiger partial charge in [0.2, 0.25) is 5.95 Å². The molecule has 3 aromatic rings. The number of rotatable bonds is 2. The van der Waals surface area contributed by atoms with E-state index in [0.717, 1.165) is 16.7 Å². The zero-order valence-corrected chi connectivity index (χ0v) is 12.1. The largest absolute Gasteiger partial charge is 0.495 e. The van der Waals surface area contributed by atoms with Crippen molar-refractivity contribution in [2.75, 3.05) is 12.8 Å². The molecule has 20 heavy (non-hydrogen) atoms. The molecule has 0 saturated heterocycles. The zero-order chi connectivity index (χ0) is 14.3. The van der Waals surface area contributed by atoms with E-state index in [1.54, 1.807) is 31.4 Å². The molecule has 102 valence electrons. The van der Waals surface area contributed by atoms with Crippen LogP contribution in [0, 0.1) is 0 Å². The van der Waals surface area contributed by atoms with Crippen LogP contribution in [0.3, 0.4) is 0 Å². The molecule has 1 heterocycles. The molecule has 2 aromatic carbocycles. The molecule has 3 rings (SSSR count). The average Bonchev–Trinajstić information content (AvgIpc) is 2.73. The number of methoxy groups -OCH3 is 1. The number of nitrogen functional groups attached to an aromatic ring is 1. The Kier molecular flexibility index (Phi) is 3.20. The SMILES string of the molecule is COc1ccc(-n2c(N)nc3cc(Cl)ccc32)cc1Cl. The van der Waals surface area contributed by atoms with Crippen molar-refractivity contribution >= 4 is 40.2 Å². The minimum absolute atomic E-state index is 0.378. The van der Waals surface area contributed by atoms with Gasteiger partial charge >= 0.3 is 0 Å². The van der Waals surface area contributed by atoms with Gasteiger partial charge in [0.1, 0.15) is 5.75 Å². The molecule has 0 aliphatic rings. The Balaban J connectivity index is 2.23. The Bertz CT molecular complexity index is 798. The number of hydrogen-bond acceptors (Lipinski definition) is 3. The van der Waals surface area contributed by atoms with Crippen LogP contribution in [0.1, 0.15) is 0 Å². The second-order valence-corrected chi connectivity index (χ2v) is 5.10. The Hall–Kier alpha value is -1.91. The summed E-state index contributed by atoms with van der Waals surface area (Å²) in [6, 6.07) is 10.9. The zero-order valence-electron chi connectivity index (χ0n) is 10.6. The van der Waals surface area contributed by atoms with E-state index < -0.39 is 0 Å². The third-order valence-electron chi connectivity index (χ3n) is 3.04. The van der Waals surface area contributed by atoms with Crippen LogP contribution in [0.25, 0.3) is 16.7 Å². The minimum Gasteiger partial charge on any atom is -0.495 e. The molecule has 0 bridgehead atoms. The summed E-state index contributed by atoms with van der Waals surface area (Å²) in [6.45, 7) is 0. The van der Waals surface area contributed by atoms with Crippen LogP contribution in [0.15, 0.2) is 36.4 Å². The maximum absolute atomic E-state index is 6.15. The summed E-state index contributed by atoms with van der Waals surface area (Å²) in [4.78, 5) is 4.30. The summed E-state index contributed by atoms with van der Waals surface area (Å²) in [5.74, 6) is 0.991. The van der Waals surface area contributed by atoms with Crippen molar-refractivity contribution in [2.45, 2.75) is 0 Å². The van der Waals surface area contributed by atoms with Gasteiger partial charge in [0.25, 0.3) is 0 Å². The minimum atomic E-state index is 0.378. The van der Waals surface area contributed by atoms with E-state index in [2.05, 4.69) is 4.98 Å². The third-order valence-corrected chi connectivity index (χ3v) is 3.57. The van der Waals surface area contributed by atoms with Crippen molar-refractivity contribution in [1.82, 2.24) is 9.55 Å². The van der Waals surface area contributed by atoms with Gasteiger partial charge in [-0.25, -0.2) is 4.98 Å². The van der Waals surface area contributed by atoms with Crippen molar-refractivity contribution in [2.24, 2.45) is 0 Å². The summed E-state index contributed by atoms with van der Waals surface area (Å²) in [5, 5.41) is 1.13. The Morgan fingerprint density at radius 3 is 2.65 bits per heavy atom. The first-order valence-corrected chi connectivity index (χ1v) is 6.63. The van der Waals surface area contributed by atoms with Crippen LogP contribution < -0.4 is 10.5 Å². The molecule has 0 fully saturated rings. The van der Waals surface area contributed by atoms with Crippen molar-refractivity contribution in [3.8, 4) is 11.4 Å². The fraction of sp³-hybridized carbons (Fsp3) is 0.0714. The highest BCUT2D eigenvalue weighted by Crippen LogP contribution is 2.30. The van der Waals surface area contributed by atoms with Crippen LogP contribution in [0.4, 0.5) is 5.95 Å². The molecular weight excluding hydrogens is 297 g/mol. The lowest BCUT2D eigenvalue weighted by Crippen LogP contribution is -2.00. The number of imidazole rings is 1. The standard InChI is InChI=1S/C14H11Cl2N3O/c1-20-13-5-3-9(7-10(13)16)19-12-4-2-8(15)6-11(12)18-14(19)17/h2-7H,1H3,(H2,17,18). The number of aromatic nitrogens is 2. The van der Waals surface area contributed by atoms with Crippen LogP contribution in [0.5, 0.6) is 5.75 Å². The molecule has 0 aliphatic carbocycles. The summed E-state index contributed by atoms with van der Waals surface area (Å²) in [6.07, 6.45) is 0. The Labute approximate surface area is 125 Å². The van der Waals surface area contributed by atoms with Gasteiger partial charge in [-0.1, -0.05) is 23.2 Å². The normalized spacial score (nSPS) is 10.9. The van der Waals surface area contributed by atoms with Gasteiger partial charge in [-0.15, -0.1) is 0 Å². The van der Waals surface area contributed by atoms with E-state index in [4.69, 9.17) is 33.7 Å². The number of benzene rings is 2. The molecule has 4 nitrogen and oxygen atoms in total. The fourth-order valence-electron chi connectivity index (χ4n) is 2.14. The third kappa shape index (κ3) is 2.07. The van der Waals surface area contributed by atoms with E-state index in [1.165, 1.54) is 0 Å². The first-order chi connectivity index (χ1) is 9.60. The molecule has 6 heteroatoms. The maximum atomic E-state index is 6.15. The molecule has 0 atom stereocenters. The fourth-order valence-corrected chi connectivity index (χ4v) is 2.56. The van der Waals surface area contributed by atoms with Crippen molar-refractivity contribution < 1.29 is 4.74 Å². The summed E-state index contributed by atoms with van der Waals surface area (Å²) in [5.41, 5.74) is 8.41. The van der Waals surface area contributed by atoms with E-state index in [-0.39, 0.29) is 0 Å². The Morgan fingerprint density at radius 2 is 1.95 bits per heavy atom. The smallest absolute Gasteiger partial charge is 0.205 e. The molecule has 0 unspecified atom stereocenters. The monoisotopic (exact) mass is 307 g/mol. The lowest BCUT2D eigenvalue weighted by atomic mass is 10.2. The van der Waals surface area contributed by atoms with Crippen LogP contribution in [-0.2, 0) is 0 Å². The summed E-state index contributed by atoms with van der Waals surface area (Å²) >= 11 is 12.1. The van der Waals surface area contributed by atoms with E-state index in [9.17, 15) is 0 Å². The summed E-state index contributed by atoms with van der Waals surface area (Å²) in [7, 11) is 1.57. The van der Waals surface area contributed by atoms with Gasteiger partial charge in [-0.05, 0) is 36.4 Å². The predicted octanol–water partition coefficient (Wildman–Crippen LogP) is 3.92. The maximum Gasteiger partial charge on any atom is 0.205 e. The van der Waals surface area contributed by atoms with Gasteiger partial charge in [-0.2, -0.15) is 0 Å². The van der Waals surface area contributed by atoms with Crippen molar-refractivity contribution in [3.05, 3.63) is 46.4 Å². The lowest BCUT2D eigenvalue weighted by Gasteiger charge is -2.09. The first-order valence-electron chi connectivity index (χ1n) is 5.87. The average molecular weight is 308 g/mol. The van der Waals surface area contributed by atoms with E-state index in [1.807, 2.05) is 16.7 Å². The Morgan fingerprint density at radius 1 is 1.15 bits per heavy atom. The molecule has 2 N–H and O–H groups in total. The molecule has 0 radical (unpaired) electrons. The number of halogens is 2. The second kappa shape index (κ2) is 4.89. The highest BCUT2D eigenvalue weighted by molar-refractivity contribution is 6.32. The highest BCUT2D eigenvalue weighted by Gasteiger charge is 2.12. The van der Waals surface area contributed by atoms with Crippen LogP contribution >= 0.6 is 23.2 Å². The lowest BCUT2D eigenvalue weighted by molar-refractivity contribution is 0.415. The van der Waals surface area contributed by atoms with Crippen molar-refractivity contribution in [3.63, 3.8) is 0 Å². The number of nitrogens with zero attached hydrogens (tertiary/aromatic N) is 2. The molecule has 0 saturated carbocycles. The molecular formula is C14H11Cl2N3O. The van der Waals surface area contributed by atoms with Gasteiger partial charge < -0.3 is 10.5 Å². The summed E-state index contributed by atoms with van der Waals surface area (Å²) < 4.78 is 6.96. The highest BCUT2D eigenvalue weighted by atomic mass is 35.5. The molecule has 0 aliphatic heterocycles. The number of nitrogens with two attached hydrogens (primary N) is 1. The van der Waals surface area contributed by atoms with Gasteiger partial charge in [0.05, 0.1) is 28.9 Å². The van der Waals surface area contributed by atoms with E-state index >= 15 is 0 Å². The van der Waals surface area contributed by atoms with E-state index in [0.29, 0.717) is 21.7 Å². The number of hydrogen-bond donors (Lipinski definition) is 1.